The molecule has 0 spiro atoms. The number of benzene rings is 2. The van der Waals surface area contributed by atoms with E-state index in [0.717, 1.165) is 14.5 Å². The summed E-state index contributed by atoms with van der Waals surface area (Å²) in [6.07, 6.45) is 0. The highest BCUT2D eigenvalue weighted by atomic mass is 79.9. The Morgan fingerprint density at radius 3 is 2.71 bits per heavy atom. The molecule has 110 valence electrons. The summed E-state index contributed by atoms with van der Waals surface area (Å²) in [6, 6.07) is 10.7. The zero-order valence-electron chi connectivity index (χ0n) is 11.3. The molecule has 0 saturated heterocycles. The number of rotatable bonds is 4. The van der Waals surface area contributed by atoms with Crippen LogP contribution in [0.2, 0.25) is 0 Å². The Hall–Kier alpha value is -1.37. The number of carbonyl (C=O) groups is 1. The second-order valence-electron chi connectivity index (χ2n) is 4.38. The van der Waals surface area contributed by atoms with E-state index in [1.165, 1.54) is 0 Å². The second kappa shape index (κ2) is 7.06. The summed E-state index contributed by atoms with van der Waals surface area (Å²) >= 11 is 6.78. The standard InChI is InChI=1S/C15H14Br2N2O2/c1-21-8-11-12(17)3-2-4-14(11)19-15(20)10-6-5-9(16)7-13(10)18/h2-7H,8,18H2,1H3,(H,19,20). The predicted molar refractivity (Wildman–Crippen MR) is 91.4 cm³/mol. The van der Waals surface area contributed by atoms with Crippen LogP contribution in [0.25, 0.3) is 0 Å². The normalized spacial score (nSPS) is 10.4. The molecule has 2 aromatic rings. The van der Waals surface area contributed by atoms with Crippen LogP contribution in [0, 0.1) is 0 Å². The Morgan fingerprint density at radius 1 is 1.29 bits per heavy atom. The van der Waals surface area contributed by atoms with Crippen molar-refractivity contribution >= 4 is 49.1 Å². The van der Waals surface area contributed by atoms with Crippen LogP contribution in [0.1, 0.15) is 15.9 Å². The first-order chi connectivity index (χ1) is 10.0. The number of nitrogen functional groups attached to an aromatic ring is 1. The first-order valence-electron chi connectivity index (χ1n) is 6.15. The van der Waals surface area contributed by atoms with Gasteiger partial charge in [-0.3, -0.25) is 4.79 Å². The summed E-state index contributed by atoms with van der Waals surface area (Å²) in [5.41, 5.74) is 8.30. The minimum atomic E-state index is -0.254. The summed E-state index contributed by atoms with van der Waals surface area (Å²) < 4.78 is 6.88. The van der Waals surface area contributed by atoms with Crippen LogP contribution in [0.5, 0.6) is 0 Å². The lowest BCUT2D eigenvalue weighted by molar-refractivity contribution is 0.102. The molecule has 2 aromatic carbocycles. The zero-order chi connectivity index (χ0) is 15.4. The van der Waals surface area contributed by atoms with E-state index in [2.05, 4.69) is 37.2 Å². The molecule has 0 aliphatic rings. The third kappa shape index (κ3) is 3.84. The summed E-state index contributed by atoms with van der Waals surface area (Å²) in [5.74, 6) is -0.254. The molecule has 0 radical (unpaired) electrons. The van der Waals surface area contributed by atoms with Gasteiger partial charge in [0.15, 0.2) is 0 Å². The Morgan fingerprint density at radius 2 is 2.05 bits per heavy atom. The smallest absolute Gasteiger partial charge is 0.257 e. The minimum Gasteiger partial charge on any atom is -0.398 e. The molecular weight excluding hydrogens is 400 g/mol. The molecule has 6 heteroatoms. The molecule has 21 heavy (non-hydrogen) atoms. The molecule has 0 aromatic heterocycles. The third-order valence-electron chi connectivity index (χ3n) is 2.91. The van der Waals surface area contributed by atoms with Gasteiger partial charge in [-0.2, -0.15) is 0 Å². The quantitative estimate of drug-likeness (QED) is 0.738. The van der Waals surface area contributed by atoms with Crippen molar-refractivity contribution in [3.8, 4) is 0 Å². The van der Waals surface area contributed by atoms with E-state index in [1.807, 2.05) is 18.2 Å². The van der Waals surface area contributed by atoms with Crippen molar-refractivity contribution in [2.75, 3.05) is 18.2 Å². The van der Waals surface area contributed by atoms with Gasteiger partial charge in [-0.15, -0.1) is 0 Å². The van der Waals surface area contributed by atoms with Crippen molar-refractivity contribution in [3.05, 3.63) is 56.5 Å². The van der Waals surface area contributed by atoms with Crippen molar-refractivity contribution in [1.82, 2.24) is 0 Å². The molecule has 0 unspecified atom stereocenters. The molecule has 0 aliphatic heterocycles. The lowest BCUT2D eigenvalue weighted by Crippen LogP contribution is -2.15. The number of ether oxygens (including phenoxy) is 1. The number of carbonyl (C=O) groups excluding carboxylic acids is 1. The first kappa shape index (κ1) is 16.0. The maximum atomic E-state index is 12.4. The van der Waals surface area contributed by atoms with E-state index < -0.39 is 0 Å². The molecule has 2 rings (SSSR count). The fourth-order valence-electron chi connectivity index (χ4n) is 1.90. The molecule has 0 atom stereocenters. The number of halogens is 2. The van der Waals surface area contributed by atoms with Gasteiger partial charge < -0.3 is 15.8 Å². The van der Waals surface area contributed by atoms with Crippen LogP contribution >= 0.6 is 31.9 Å². The average molecular weight is 414 g/mol. The van der Waals surface area contributed by atoms with E-state index in [9.17, 15) is 4.79 Å². The Bertz CT molecular complexity index is 675. The minimum absolute atomic E-state index is 0.254. The zero-order valence-corrected chi connectivity index (χ0v) is 14.5. The highest BCUT2D eigenvalue weighted by Gasteiger charge is 2.13. The van der Waals surface area contributed by atoms with Gasteiger partial charge >= 0.3 is 0 Å². The first-order valence-corrected chi connectivity index (χ1v) is 7.74. The molecule has 1 amide bonds. The fourth-order valence-corrected chi connectivity index (χ4v) is 2.76. The van der Waals surface area contributed by atoms with Crippen LogP contribution in [0.4, 0.5) is 11.4 Å². The van der Waals surface area contributed by atoms with Gasteiger partial charge in [0, 0.05) is 33.0 Å². The molecule has 4 nitrogen and oxygen atoms in total. The highest BCUT2D eigenvalue weighted by molar-refractivity contribution is 9.10. The monoisotopic (exact) mass is 412 g/mol. The van der Waals surface area contributed by atoms with Crippen molar-refractivity contribution < 1.29 is 9.53 Å². The summed E-state index contributed by atoms with van der Waals surface area (Å²) in [4.78, 5) is 12.4. The molecule has 0 heterocycles. The van der Waals surface area contributed by atoms with E-state index in [0.29, 0.717) is 23.5 Å². The number of nitrogens with two attached hydrogens (primary N) is 1. The van der Waals surface area contributed by atoms with Crippen LogP contribution in [0.15, 0.2) is 45.3 Å². The highest BCUT2D eigenvalue weighted by Crippen LogP contribution is 2.27. The van der Waals surface area contributed by atoms with Gasteiger partial charge in [-0.05, 0) is 30.3 Å². The number of amides is 1. The number of methoxy groups -OCH3 is 1. The van der Waals surface area contributed by atoms with Crippen LogP contribution in [0.3, 0.4) is 0 Å². The SMILES string of the molecule is COCc1c(Br)cccc1NC(=O)c1ccc(Br)cc1N. The average Bonchev–Trinajstić information content (AvgIpc) is 2.42. The number of hydrogen-bond acceptors (Lipinski definition) is 3. The third-order valence-corrected chi connectivity index (χ3v) is 4.15. The van der Waals surface area contributed by atoms with Gasteiger partial charge in [0.05, 0.1) is 12.2 Å². The van der Waals surface area contributed by atoms with E-state index >= 15 is 0 Å². The summed E-state index contributed by atoms with van der Waals surface area (Å²) in [6.45, 7) is 0.396. The Kier molecular flexibility index (Phi) is 5.39. The van der Waals surface area contributed by atoms with Gasteiger partial charge in [0.25, 0.3) is 5.91 Å². The van der Waals surface area contributed by atoms with Gasteiger partial charge in [-0.1, -0.05) is 37.9 Å². The molecule has 3 N–H and O–H groups in total. The van der Waals surface area contributed by atoms with Crippen LogP contribution in [-0.4, -0.2) is 13.0 Å². The molecule has 0 saturated carbocycles. The Balaban J connectivity index is 2.29. The molecule has 0 aliphatic carbocycles. The van der Waals surface area contributed by atoms with Crippen LogP contribution in [-0.2, 0) is 11.3 Å². The van der Waals surface area contributed by atoms with E-state index in [-0.39, 0.29) is 5.91 Å². The van der Waals surface area contributed by atoms with Crippen LogP contribution < -0.4 is 11.1 Å². The summed E-state index contributed by atoms with van der Waals surface area (Å²) in [7, 11) is 1.61. The number of hydrogen-bond donors (Lipinski definition) is 2. The lowest BCUT2D eigenvalue weighted by Gasteiger charge is -2.13. The topological polar surface area (TPSA) is 64.3 Å². The molecule has 0 fully saturated rings. The van der Waals surface area contributed by atoms with Crippen molar-refractivity contribution in [1.29, 1.82) is 0 Å². The lowest BCUT2D eigenvalue weighted by atomic mass is 10.1. The van der Waals surface area contributed by atoms with Crippen molar-refractivity contribution in [2.45, 2.75) is 6.61 Å². The number of nitrogens with one attached hydrogen (secondary N) is 1. The van der Waals surface area contributed by atoms with E-state index in [1.54, 1.807) is 25.3 Å². The largest absolute Gasteiger partial charge is 0.398 e. The second-order valence-corrected chi connectivity index (χ2v) is 6.15. The maximum absolute atomic E-state index is 12.4. The maximum Gasteiger partial charge on any atom is 0.257 e. The van der Waals surface area contributed by atoms with Gasteiger partial charge in [-0.25, -0.2) is 0 Å². The molecular formula is C15H14Br2N2O2. The van der Waals surface area contributed by atoms with Gasteiger partial charge in [0.2, 0.25) is 0 Å². The van der Waals surface area contributed by atoms with Crippen molar-refractivity contribution in [2.24, 2.45) is 0 Å². The molecule has 0 bridgehead atoms. The van der Waals surface area contributed by atoms with Crippen molar-refractivity contribution in [3.63, 3.8) is 0 Å². The van der Waals surface area contributed by atoms with E-state index in [4.69, 9.17) is 10.5 Å². The van der Waals surface area contributed by atoms with Gasteiger partial charge in [0.1, 0.15) is 0 Å². The predicted octanol–water partition coefficient (Wildman–Crippen LogP) is 4.19. The Labute approximate surface area is 139 Å². The fraction of sp³-hybridized carbons (Fsp3) is 0.133. The summed E-state index contributed by atoms with van der Waals surface area (Å²) in [5, 5.41) is 2.87. The number of anilines is 2.